The van der Waals surface area contributed by atoms with Gasteiger partial charge in [-0.15, -0.1) is 11.3 Å². The van der Waals surface area contributed by atoms with E-state index in [1.165, 1.54) is 11.3 Å². The first kappa shape index (κ1) is 20.0. The maximum absolute atomic E-state index is 12.9. The monoisotopic (exact) mass is 408 g/mol. The number of carbonyl (C=O) groups excluding carboxylic acids is 1. The number of sulfonamides is 1. The molecule has 6 nitrogen and oxygen atoms in total. The van der Waals surface area contributed by atoms with Gasteiger partial charge in [-0.2, -0.15) is 0 Å². The van der Waals surface area contributed by atoms with E-state index in [1.807, 2.05) is 19.1 Å². The number of hydrogen-bond donors (Lipinski definition) is 1. The fraction of sp³-hybridized carbons (Fsp3) is 0.421. The van der Waals surface area contributed by atoms with E-state index >= 15 is 0 Å². The average molecular weight is 409 g/mol. The normalized spacial score (nSPS) is 20.1. The molecule has 146 valence electrons. The number of hydrogen-bond acceptors (Lipinski definition) is 5. The zero-order chi connectivity index (χ0) is 19.5. The zero-order valence-corrected chi connectivity index (χ0v) is 17.1. The van der Waals surface area contributed by atoms with Crippen LogP contribution in [-0.4, -0.2) is 51.6 Å². The summed E-state index contributed by atoms with van der Waals surface area (Å²) in [4.78, 5) is 16.5. The third kappa shape index (κ3) is 4.57. The number of ether oxygens (including phenoxy) is 1. The lowest BCUT2D eigenvalue weighted by molar-refractivity contribution is 0.0780. The minimum absolute atomic E-state index is 0.0497. The molecule has 1 aliphatic rings. The van der Waals surface area contributed by atoms with Gasteiger partial charge >= 0.3 is 0 Å². The highest BCUT2D eigenvalue weighted by atomic mass is 32.2. The minimum atomic E-state index is -3.68. The van der Waals surface area contributed by atoms with Gasteiger partial charge in [-0.1, -0.05) is 18.2 Å². The molecule has 1 aliphatic heterocycles. The molecule has 0 aliphatic carbocycles. The molecule has 0 saturated carbocycles. The number of carbonyl (C=O) groups is 1. The van der Waals surface area contributed by atoms with E-state index in [9.17, 15) is 13.2 Å². The van der Waals surface area contributed by atoms with Crippen LogP contribution in [0.1, 0.15) is 27.4 Å². The SMILES string of the molecule is COCCC1(NS(=O)(=O)c2ccccc2)CCN(C(=O)c2ccc(C)s2)C1. The Labute approximate surface area is 164 Å². The van der Waals surface area contributed by atoms with Crippen molar-refractivity contribution in [3.63, 3.8) is 0 Å². The third-order valence-electron chi connectivity index (χ3n) is 4.78. The van der Waals surface area contributed by atoms with Crippen LogP contribution in [0.3, 0.4) is 0 Å². The summed E-state index contributed by atoms with van der Waals surface area (Å²) in [5, 5.41) is 0. The summed E-state index contributed by atoms with van der Waals surface area (Å²) in [5.74, 6) is -0.0497. The highest BCUT2D eigenvalue weighted by Gasteiger charge is 2.43. The number of methoxy groups -OCH3 is 1. The van der Waals surface area contributed by atoms with Crippen LogP contribution in [0.25, 0.3) is 0 Å². The summed E-state index contributed by atoms with van der Waals surface area (Å²) >= 11 is 1.46. The number of amides is 1. The molecule has 1 aromatic heterocycles. The molecule has 2 aromatic rings. The van der Waals surface area contributed by atoms with Crippen LogP contribution in [0.2, 0.25) is 0 Å². The Morgan fingerprint density at radius 3 is 2.63 bits per heavy atom. The molecule has 0 spiro atoms. The average Bonchev–Trinajstić information content (AvgIpc) is 3.27. The minimum Gasteiger partial charge on any atom is -0.385 e. The molecule has 1 aromatic carbocycles. The zero-order valence-electron chi connectivity index (χ0n) is 15.5. The third-order valence-corrected chi connectivity index (χ3v) is 7.36. The second kappa shape index (κ2) is 8.10. The molecule has 27 heavy (non-hydrogen) atoms. The Bertz CT molecular complexity index is 895. The van der Waals surface area contributed by atoms with Crippen LogP contribution in [0.4, 0.5) is 0 Å². The molecule has 1 saturated heterocycles. The van der Waals surface area contributed by atoms with Crippen LogP contribution in [0.15, 0.2) is 47.4 Å². The molecule has 0 radical (unpaired) electrons. The van der Waals surface area contributed by atoms with E-state index in [0.717, 1.165) is 4.88 Å². The van der Waals surface area contributed by atoms with Gasteiger partial charge in [-0.25, -0.2) is 13.1 Å². The molecular formula is C19H24N2O4S2. The fourth-order valence-corrected chi connectivity index (χ4v) is 5.64. The Hall–Kier alpha value is -1.74. The van der Waals surface area contributed by atoms with Crippen LogP contribution in [-0.2, 0) is 14.8 Å². The smallest absolute Gasteiger partial charge is 0.263 e. The molecule has 1 unspecified atom stereocenters. The van der Waals surface area contributed by atoms with Crippen LogP contribution in [0.5, 0.6) is 0 Å². The highest BCUT2D eigenvalue weighted by molar-refractivity contribution is 7.89. The van der Waals surface area contributed by atoms with Crippen LogP contribution >= 0.6 is 11.3 Å². The van der Waals surface area contributed by atoms with Crippen molar-refractivity contribution in [3.05, 3.63) is 52.2 Å². The molecule has 1 atom stereocenters. The Balaban J connectivity index is 1.81. The van der Waals surface area contributed by atoms with Crippen molar-refractivity contribution in [3.8, 4) is 0 Å². The first-order valence-electron chi connectivity index (χ1n) is 8.79. The van der Waals surface area contributed by atoms with Crippen molar-refractivity contribution >= 4 is 27.3 Å². The predicted molar refractivity (Wildman–Crippen MR) is 106 cm³/mol. The first-order chi connectivity index (χ1) is 12.9. The largest absolute Gasteiger partial charge is 0.385 e. The number of nitrogens with one attached hydrogen (secondary N) is 1. The van der Waals surface area contributed by atoms with Gasteiger partial charge in [-0.05, 0) is 44.0 Å². The van der Waals surface area contributed by atoms with Gasteiger partial charge in [0, 0.05) is 31.7 Å². The second-order valence-corrected chi connectivity index (χ2v) is 9.80. The standard InChI is InChI=1S/C19H24N2O4S2/c1-15-8-9-17(26-15)18(22)21-12-10-19(14-21,11-13-25-2)20-27(23,24)16-6-4-3-5-7-16/h3-9,20H,10-14H2,1-2H3. The maximum Gasteiger partial charge on any atom is 0.263 e. The van der Waals surface area contributed by atoms with E-state index in [2.05, 4.69) is 4.72 Å². The number of rotatable bonds is 7. The van der Waals surface area contributed by atoms with E-state index in [1.54, 1.807) is 42.3 Å². The lowest BCUT2D eigenvalue weighted by Crippen LogP contribution is -2.51. The number of nitrogens with zero attached hydrogens (tertiary/aromatic N) is 1. The summed E-state index contributed by atoms with van der Waals surface area (Å²) < 4.78 is 33.8. The van der Waals surface area contributed by atoms with Gasteiger partial charge in [0.25, 0.3) is 5.91 Å². The van der Waals surface area contributed by atoms with Crippen LogP contribution in [0, 0.1) is 6.92 Å². The molecule has 1 amide bonds. The van der Waals surface area contributed by atoms with E-state index < -0.39 is 15.6 Å². The lowest BCUT2D eigenvalue weighted by Gasteiger charge is -2.30. The van der Waals surface area contributed by atoms with Gasteiger partial charge in [-0.3, -0.25) is 4.79 Å². The van der Waals surface area contributed by atoms with Crippen molar-refractivity contribution in [1.82, 2.24) is 9.62 Å². The predicted octanol–water partition coefficient (Wildman–Crippen LogP) is 2.66. The maximum atomic E-state index is 12.9. The second-order valence-electron chi connectivity index (χ2n) is 6.83. The Kier molecular flexibility index (Phi) is 6.00. The highest BCUT2D eigenvalue weighted by Crippen LogP contribution is 2.29. The van der Waals surface area contributed by atoms with Crippen molar-refractivity contribution in [2.75, 3.05) is 26.8 Å². The molecule has 0 bridgehead atoms. The van der Waals surface area contributed by atoms with E-state index in [4.69, 9.17) is 4.74 Å². The van der Waals surface area contributed by atoms with Gasteiger partial charge in [0.1, 0.15) is 0 Å². The molecule has 3 rings (SSSR count). The van der Waals surface area contributed by atoms with Gasteiger partial charge in [0.05, 0.1) is 15.3 Å². The van der Waals surface area contributed by atoms with Crippen molar-refractivity contribution in [1.29, 1.82) is 0 Å². The molecule has 8 heteroatoms. The summed E-state index contributed by atoms with van der Waals surface area (Å²) in [6, 6.07) is 12.0. The van der Waals surface area contributed by atoms with Crippen molar-refractivity contribution < 1.29 is 17.9 Å². The van der Waals surface area contributed by atoms with Crippen molar-refractivity contribution in [2.45, 2.75) is 30.2 Å². The quantitative estimate of drug-likeness (QED) is 0.764. The summed E-state index contributed by atoms with van der Waals surface area (Å²) in [6.07, 6.45) is 1.06. The molecular weight excluding hydrogens is 384 g/mol. The van der Waals surface area contributed by atoms with Gasteiger partial charge < -0.3 is 9.64 Å². The Morgan fingerprint density at radius 2 is 2.00 bits per heavy atom. The summed E-state index contributed by atoms with van der Waals surface area (Å²) in [6.45, 7) is 3.22. The summed E-state index contributed by atoms with van der Waals surface area (Å²) in [7, 11) is -2.09. The van der Waals surface area contributed by atoms with E-state index in [-0.39, 0.29) is 10.8 Å². The lowest BCUT2D eigenvalue weighted by atomic mass is 9.96. The number of likely N-dealkylation sites (tertiary alicyclic amines) is 1. The van der Waals surface area contributed by atoms with E-state index in [0.29, 0.717) is 37.4 Å². The fourth-order valence-electron chi connectivity index (χ4n) is 3.33. The van der Waals surface area contributed by atoms with Crippen LogP contribution < -0.4 is 4.72 Å². The van der Waals surface area contributed by atoms with Crippen molar-refractivity contribution in [2.24, 2.45) is 0 Å². The van der Waals surface area contributed by atoms with Gasteiger partial charge in [0.15, 0.2) is 0 Å². The number of benzene rings is 1. The molecule has 1 fully saturated rings. The summed E-state index contributed by atoms with van der Waals surface area (Å²) in [5.41, 5.74) is -0.730. The molecule has 2 heterocycles. The number of aryl methyl sites for hydroxylation is 1. The Morgan fingerprint density at radius 1 is 1.26 bits per heavy atom. The topological polar surface area (TPSA) is 75.7 Å². The number of thiophene rings is 1. The first-order valence-corrected chi connectivity index (χ1v) is 11.1. The molecule has 1 N–H and O–H groups in total. The van der Waals surface area contributed by atoms with Gasteiger partial charge in [0.2, 0.25) is 10.0 Å².